The minimum Gasteiger partial charge on any atom is -0.478 e. The fourth-order valence-corrected chi connectivity index (χ4v) is 1.12. The summed E-state index contributed by atoms with van der Waals surface area (Å²) in [7, 11) is 0. The molecule has 0 bridgehead atoms. The molecule has 0 heterocycles. The molecule has 15 heavy (non-hydrogen) atoms. The summed E-state index contributed by atoms with van der Waals surface area (Å²) in [5.74, 6) is -1.38. The number of rotatable bonds is 4. The van der Waals surface area contributed by atoms with E-state index in [4.69, 9.17) is 9.84 Å². The highest BCUT2D eigenvalue weighted by Gasteiger charge is 2.24. The zero-order valence-corrected chi connectivity index (χ0v) is 8.56. The second kappa shape index (κ2) is 4.59. The van der Waals surface area contributed by atoms with Crippen molar-refractivity contribution in [1.82, 2.24) is 0 Å². The van der Waals surface area contributed by atoms with Crippen molar-refractivity contribution in [2.24, 2.45) is 0 Å². The molecule has 4 nitrogen and oxygen atoms in total. The molecule has 0 fully saturated rings. The van der Waals surface area contributed by atoms with E-state index in [1.807, 2.05) is 6.07 Å². The average molecular weight is 208 g/mol. The van der Waals surface area contributed by atoms with Crippen molar-refractivity contribution in [3.63, 3.8) is 0 Å². The van der Waals surface area contributed by atoms with Gasteiger partial charge in [0.2, 0.25) is 0 Å². The smallest absolute Gasteiger partial charge is 0.352 e. The lowest BCUT2D eigenvalue weighted by Crippen LogP contribution is -2.34. The average Bonchev–Trinajstić information content (AvgIpc) is 2.15. The molecule has 0 aliphatic carbocycles. The third kappa shape index (κ3) is 2.80. The van der Waals surface area contributed by atoms with E-state index in [0.717, 1.165) is 5.56 Å². The van der Waals surface area contributed by atoms with E-state index in [0.29, 0.717) is 5.75 Å². The van der Waals surface area contributed by atoms with Crippen molar-refractivity contribution in [3.05, 3.63) is 29.8 Å². The lowest BCUT2D eigenvalue weighted by molar-refractivity contribution is -0.149. The van der Waals surface area contributed by atoms with Gasteiger partial charge >= 0.3 is 5.97 Å². The molecule has 0 saturated carbocycles. The maximum absolute atomic E-state index is 11.0. The summed E-state index contributed by atoms with van der Waals surface area (Å²) in [6.07, 6.45) is -1.42. The van der Waals surface area contributed by atoms with Crippen molar-refractivity contribution >= 4 is 11.8 Å². The fraction of sp³-hybridized carbons (Fsp3) is 0.273. The van der Waals surface area contributed by atoms with Crippen LogP contribution in [0.4, 0.5) is 0 Å². The van der Waals surface area contributed by atoms with Crippen LogP contribution in [0.2, 0.25) is 0 Å². The number of benzene rings is 1. The first-order valence-corrected chi connectivity index (χ1v) is 4.48. The van der Waals surface area contributed by atoms with Crippen LogP contribution in [0.15, 0.2) is 24.3 Å². The van der Waals surface area contributed by atoms with Gasteiger partial charge in [-0.1, -0.05) is 18.2 Å². The molecule has 0 aromatic heterocycles. The molecule has 0 aliphatic rings. The molecule has 0 radical (unpaired) electrons. The van der Waals surface area contributed by atoms with Gasteiger partial charge in [-0.25, -0.2) is 4.79 Å². The van der Waals surface area contributed by atoms with Crippen LogP contribution in [0.25, 0.3) is 0 Å². The van der Waals surface area contributed by atoms with Gasteiger partial charge in [0.15, 0.2) is 5.78 Å². The highest BCUT2D eigenvalue weighted by Crippen LogP contribution is 2.18. The third-order valence-electron chi connectivity index (χ3n) is 1.93. The van der Waals surface area contributed by atoms with Gasteiger partial charge in [0.05, 0.1) is 0 Å². The Morgan fingerprint density at radius 3 is 2.40 bits per heavy atom. The molecule has 1 atom stereocenters. The SMILES string of the molecule is CC(=O)C(Oc1ccccc1C)C(=O)O. The van der Waals surface area contributed by atoms with Gasteiger partial charge in [-0.2, -0.15) is 0 Å². The maximum atomic E-state index is 11.0. The Bertz CT molecular complexity index is 370. The zero-order chi connectivity index (χ0) is 11.4. The van der Waals surface area contributed by atoms with Gasteiger partial charge in [-0.15, -0.1) is 0 Å². The van der Waals surface area contributed by atoms with Crippen molar-refractivity contribution in [2.45, 2.75) is 20.0 Å². The van der Waals surface area contributed by atoms with E-state index < -0.39 is 17.9 Å². The first kappa shape index (κ1) is 11.2. The molecule has 1 rings (SSSR count). The highest BCUT2D eigenvalue weighted by molar-refractivity contribution is 6.00. The van der Waals surface area contributed by atoms with Crippen LogP contribution in [0, 0.1) is 6.92 Å². The Kier molecular flexibility index (Phi) is 3.44. The van der Waals surface area contributed by atoms with Crippen LogP contribution in [-0.2, 0) is 9.59 Å². The molecule has 0 saturated heterocycles. The van der Waals surface area contributed by atoms with Crippen LogP contribution in [0.5, 0.6) is 5.75 Å². The topological polar surface area (TPSA) is 63.6 Å². The van der Waals surface area contributed by atoms with Gasteiger partial charge in [0.25, 0.3) is 6.10 Å². The van der Waals surface area contributed by atoms with Crippen molar-refractivity contribution in [3.8, 4) is 5.75 Å². The summed E-state index contributed by atoms with van der Waals surface area (Å²) < 4.78 is 5.12. The van der Waals surface area contributed by atoms with E-state index >= 15 is 0 Å². The highest BCUT2D eigenvalue weighted by atomic mass is 16.5. The number of hydrogen-bond donors (Lipinski definition) is 1. The number of hydrogen-bond acceptors (Lipinski definition) is 3. The molecular formula is C11H12O4. The molecule has 1 N–H and O–H groups in total. The van der Waals surface area contributed by atoms with Gasteiger partial charge in [0, 0.05) is 0 Å². The summed E-state index contributed by atoms with van der Waals surface area (Å²) in [6.45, 7) is 2.98. The monoisotopic (exact) mass is 208 g/mol. The van der Waals surface area contributed by atoms with Crippen molar-refractivity contribution < 1.29 is 19.4 Å². The normalized spacial score (nSPS) is 11.9. The molecule has 1 aromatic carbocycles. The number of aliphatic carboxylic acids is 1. The van der Waals surface area contributed by atoms with Crippen molar-refractivity contribution in [1.29, 1.82) is 0 Å². The molecular weight excluding hydrogens is 196 g/mol. The molecule has 0 aliphatic heterocycles. The first-order valence-electron chi connectivity index (χ1n) is 4.48. The van der Waals surface area contributed by atoms with Gasteiger partial charge < -0.3 is 9.84 Å². The Hall–Kier alpha value is -1.84. The number of carboxylic acids is 1. The van der Waals surface area contributed by atoms with E-state index in [2.05, 4.69) is 0 Å². The summed E-state index contributed by atoms with van der Waals surface area (Å²) >= 11 is 0. The second-order valence-corrected chi connectivity index (χ2v) is 3.21. The molecule has 4 heteroatoms. The Balaban J connectivity index is 2.88. The third-order valence-corrected chi connectivity index (χ3v) is 1.93. The van der Waals surface area contributed by atoms with Crippen LogP contribution >= 0.6 is 0 Å². The van der Waals surface area contributed by atoms with E-state index in [9.17, 15) is 9.59 Å². The van der Waals surface area contributed by atoms with Gasteiger partial charge in [0.1, 0.15) is 5.75 Å². The lowest BCUT2D eigenvalue weighted by atomic mass is 10.2. The largest absolute Gasteiger partial charge is 0.478 e. The predicted octanol–water partition coefficient (Wildman–Crippen LogP) is 1.42. The summed E-state index contributed by atoms with van der Waals surface area (Å²) in [4.78, 5) is 21.7. The minimum atomic E-state index is -1.42. The molecule has 0 amide bonds. The minimum absolute atomic E-state index is 0.417. The van der Waals surface area contributed by atoms with E-state index in [-0.39, 0.29) is 0 Å². The second-order valence-electron chi connectivity index (χ2n) is 3.21. The summed E-state index contributed by atoms with van der Waals surface area (Å²) in [6, 6.07) is 6.95. The van der Waals surface area contributed by atoms with Crippen LogP contribution in [0.3, 0.4) is 0 Å². The predicted molar refractivity (Wildman–Crippen MR) is 53.9 cm³/mol. The van der Waals surface area contributed by atoms with Crippen molar-refractivity contribution in [2.75, 3.05) is 0 Å². The number of aryl methyl sites for hydroxylation is 1. The van der Waals surface area contributed by atoms with Crippen LogP contribution < -0.4 is 4.74 Å². The quantitative estimate of drug-likeness (QED) is 0.760. The molecule has 0 spiro atoms. The number of para-hydroxylation sites is 1. The first-order chi connectivity index (χ1) is 7.02. The van der Waals surface area contributed by atoms with Crippen LogP contribution in [0.1, 0.15) is 12.5 Å². The number of ketones is 1. The lowest BCUT2D eigenvalue weighted by Gasteiger charge is -2.13. The Labute approximate surface area is 87.5 Å². The number of carbonyl (C=O) groups excluding carboxylic acids is 1. The fourth-order valence-electron chi connectivity index (χ4n) is 1.12. The zero-order valence-electron chi connectivity index (χ0n) is 8.56. The number of ether oxygens (including phenoxy) is 1. The number of carboxylic acid groups (broad SMARTS) is 1. The van der Waals surface area contributed by atoms with Gasteiger partial charge in [-0.05, 0) is 25.5 Å². The Morgan fingerprint density at radius 2 is 1.93 bits per heavy atom. The van der Waals surface area contributed by atoms with E-state index in [1.165, 1.54) is 6.92 Å². The molecule has 1 aromatic rings. The summed E-state index contributed by atoms with van der Waals surface area (Å²) in [5, 5.41) is 8.75. The number of Topliss-reactive ketones (excluding diaryl/α,β-unsaturated/α-hetero) is 1. The Morgan fingerprint density at radius 1 is 1.33 bits per heavy atom. The van der Waals surface area contributed by atoms with E-state index in [1.54, 1.807) is 25.1 Å². The maximum Gasteiger partial charge on any atom is 0.352 e. The molecule has 80 valence electrons. The number of carbonyl (C=O) groups is 2. The van der Waals surface area contributed by atoms with Gasteiger partial charge in [-0.3, -0.25) is 4.79 Å². The molecule has 1 unspecified atom stereocenters. The standard InChI is InChI=1S/C11H12O4/c1-7-5-3-4-6-9(7)15-10(8(2)12)11(13)14/h3-6,10H,1-2H3,(H,13,14). The summed E-state index contributed by atoms with van der Waals surface area (Å²) in [5.41, 5.74) is 0.796. The van der Waals surface area contributed by atoms with Crippen LogP contribution in [-0.4, -0.2) is 23.0 Å².